The number of hydrogen-bond donors (Lipinski definition) is 1. The predicted octanol–water partition coefficient (Wildman–Crippen LogP) is 2.82. The van der Waals surface area contributed by atoms with Crippen LogP contribution in [-0.2, 0) is 4.74 Å². The highest BCUT2D eigenvalue weighted by Crippen LogP contribution is 2.08. The van der Waals surface area contributed by atoms with Gasteiger partial charge in [-0.25, -0.2) is 4.79 Å². The number of carbonyl (C=O) groups is 2. The summed E-state index contributed by atoms with van der Waals surface area (Å²) in [5.74, 6) is -0.434. The Bertz CT molecular complexity index is 352. The molecule has 0 bridgehead atoms. The molecule has 6 heteroatoms. The van der Waals surface area contributed by atoms with Crippen molar-refractivity contribution in [2.24, 2.45) is 5.73 Å². The normalized spacial score (nSPS) is 8.69. The Hall–Kier alpha value is -1.26. The molecule has 1 amide bonds. The molecule has 0 unspecified atom stereocenters. The van der Waals surface area contributed by atoms with Crippen molar-refractivity contribution < 1.29 is 14.3 Å². The second-order valence-corrected chi connectivity index (χ2v) is 3.29. The van der Waals surface area contributed by atoms with Gasteiger partial charge in [-0.1, -0.05) is 11.6 Å². The number of halogens is 2. The molecule has 1 aromatic rings. The van der Waals surface area contributed by atoms with E-state index in [4.69, 9.17) is 28.9 Å². The summed E-state index contributed by atoms with van der Waals surface area (Å²) in [6, 6.07) is 6.43. The molecule has 0 saturated heterocycles. The minimum Gasteiger partial charge on any atom is -0.454 e. The minimum absolute atomic E-state index is 0.350. The van der Waals surface area contributed by atoms with Crippen LogP contribution in [0.4, 0.5) is 4.79 Å². The molecule has 0 saturated carbocycles. The van der Waals surface area contributed by atoms with Crippen molar-refractivity contribution in [3.05, 3.63) is 34.9 Å². The van der Waals surface area contributed by atoms with Crippen LogP contribution in [0.5, 0.6) is 0 Å². The Balaban J connectivity index is 0.000000325. The van der Waals surface area contributed by atoms with Gasteiger partial charge >= 0.3 is 5.43 Å². The molecule has 0 aliphatic heterocycles. The van der Waals surface area contributed by atoms with Crippen molar-refractivity contribution >= 4 is 34.5 Å². The zero-order chi connectivity index (χ0) is 12.6. The molecule has 16 heavy (non-hydrogen) atoms. The summed E-state index contributed by atoms with van der Waals surface area (Å²) < 4.78 is 4.17. The van der Waals surface area contributed by atoms with E-state index in [-0.39, 0.29) is 0 Å². The van der Waals surface area contributed by atoms with Crippen LogP contribution in [0.15, 0.2) is 24.3 Å². The molecule has 0 spiro atoms. The van der Waals surface area contributed by atoms with Crippen LogP contribution in [0.3, 0.4) is 0 Å². The molecular weight excluding hydrogens is 253 g/mol. The van der Waals surface area contributed by atoms with Crippen LogP contribution >= 0.6 is 23.2 Å². The molecule has 0 atom stereocenters. The van der Waals surface area contributed by atoms with Gasteiger partial charge in [-0.3, -0.25) is 4.79 Å². The van der Waals surface area contributed by atoms with Crippen LogP contribution in [0.2, 0.25) is 5.02 Å². The second kappa shape index (κ2) is 7.96. The lowest BCUT2D eigenvalue weighted by Crippen LogP contribution is -2.10. The van der Waals surface area contributed by atoms with Crippen molar-refractivity contribution in [3.63, 3.8) is 0 Å². The maximum absolute atomic E-state index is 10.5. The van der Waals surface area contributed by atoms with Gasteiger partial charge in [0.15, 0.2) is 0 Å². The minimum atomic E-state index is -0.738. The first-order valence-electron chi connectivity index (χ1n) is 4.35. The van der Waals surface area contributed by atoms with Crippen molar-refractivity contribution in [2.75, 3.05) is 6.61 Å². The summed E-state index contributed by atoms with van der Waals surface area (Å²) in [4.78, 5) is 20.1. The first-order chi connectivity index (χ1) is 7.47. The zero-order valence-electron chi connectivity index (χ0n) is 8.57. The van der Waals surface area contributed by atoms with Crippen LogP contribution in [0, 0.1) is 0 Å². The molecule has 0 aliphatic carbocycles. The summed E-state index contributed by atoms with van der Waals surface area (Å²) >= 11 is 10.3. The maximum Gasteiger partial charge on any atom is 0.403 e. The first-order valence-corrected chi connectivity index (χ1v) is 5.10. The monoisotopic (exact) mass is 263 g/mol. The molecule has 0 radical (unpaired) electrons. The highest BCUT2D eigenvalue weighted by molar-refractivity contribution is 6.61. The number of amides is 1. The highest BCUT2D eigenvalue weighted by Gasteiger charge is 1.96. The lowest BCUT2D eigenvalue weighted by Gasteiger charge is -1.92. The Morgan fingerprint density at radius 2 is 1.81 bits per heavy atom. The van der Waals surface area contributed by atoms with Crippen LogP contribution in [0.25, 0.3) is 0 Å². The molecule has 0 heterocycles. The van der Waals surface area contributed by atoms with Crippen molar-refractivity contribution in [3.8, 4) is 0 Å². The molecular formula is C10H11Cl2NO3. The van der Waals surface area contributed by atoms with Crippen molar-refractivity contribution in [1.29, 1.82) is 0 Å². The number of hydrogen-bond acceptors (Lipinski definition) is 3. The third-order valence-corrected chi connectivity index (χ3v) is 1.75. The Kier molecular flexibility index (Phi) is 7.33. The van der Waals surface area contributed by atoms with E-state index in [1.807, 2.05) is 0 Å². The van der Waals surface area contributed by atoms with E-state index in [1.165, 1.54) is 0 Å². The molecule has 1 rings (SSSR count). The Labute approximate surface area is 103 Å². The van der Waals surface area contributed by atoms with Gasteiger partial charge in [0.05, 0.1) is 6.61 Å². The van der Waals surface area contributed by atoms with Gasteiger partial charge in [0.25, 0.3) is 0 Å². The standard InChI is InChI=1S/C7H6ClNO.C3H5ClO2/c8-6-3-1-5(2-4-6)7(9)10;1-2-6-3(4)5/h1-4H,(H2,9,10);2H2,1H3. The fraction of sp³-hybridized carbons (Fsp3) is 0.200. The lowest BCUT2D eigenvalue weighted by atomic mass is 10.2. The van der Waals surface area contributed by atoms with E-state index >= 15 is 0 Å². The fourth-order valence-corrected chi connectivity index (χ4v) is 0.963. The molecule has 0 aromatic heterocycles. The molecule has 0 fully saturated rings. The molecule has 1 aromatic carbocycles. The van der Waals surface area contributed by atoms with E-state index in [0.29, 0.717) is 17.2 Å². The van der Waals surface area contributed by atoms with Gasteiger partial charge in [0.2, 0.25) is 5.91 Å². The number of primary amides is 1. The number of nitrogens with two attached hydrogens (primary N) is 1. The van der Waals surface area contributed by atoms with E-state index < -0.39 is 11.3 Å². The van der Waals surface area contributed by atoms with Gasteiger partial charge in [-0.2, -0.15) is 0 Å². The van der Waals surface area contributed by atoms with Crippen LogP contribution in [-0.4, -0.2) is 17.9 Å². The van der Waals surface area contributed by atoms with Gasteiger partial charge in [0, 0.05) is 22.2 Å². The van der Waals surface area contributed by atoms with E-state index in [2.05, 4.69) is 4.74 Å². The SMILES string of the molecule is CCOC(=O)Cl.NC(=O)c1ccc(Cl)cc1. The van der Waals surface area contributed by atoms with E-state index in [0.717, 1.165) is 0 Å². The molecule has 0 aliphatic rings. The zero-order valence-corrected chi connectivity index (χ0v) is 10.1. The van der Waals surface area contributed by atoms with Gasteiger partial charge in [-0.05, 0) is 31.2 Å². The van der Waals surface area contributed by atoms with Crippen LogP contribution in [0.1, 0.15) is 17.3 Å². The first kappa shape index (κ1) is 14.7. The van der Waals surface area contributed by atoms with E-state index in [1.54, 1.807) is 31.2 Å². The summed E-state index contributed by atoms with van der Waals surface area (Å²) in [7, 11) is 0. The lowest BCUT2D eigenvalue weighted by molar-refractivity contribution is 0.1000. The largest absolute Gasteiger partial charge is 0.454 e. The average molecular weight is 264 g/mol. The summed E-state index contributed by atoms with van der Waals surface area (Å²) in [6.07, 6.45) is 0. The average Bonchev–Trinajstić information content (AvgIpc) is 2.19. The summed E-state index contributed by atoms with van der Waals surface area (Å²) in [5, 5.41) is 0.602. The molecule has 4 nitrogen and oxygen atoms in total. The number of rotatable bonds is 2. The molecule has 2 N–H and O–H groups in total. The summed E-state index contributed by atoms with van der Waals surface area (Å²) in [5.41, 5.74) is 4.72. The maximum atomic E-state index is 10.5. The third-order valence-electron chi connectivity index (χ3n) is 1.39. The Morgan fingerprint density at radius 1 is 1.31 bits per heavy atom. The van der Waals surface area contributed by atoms with Crippen molar-refractivity contribution in [1.82, 2.24) is 0 Å². The second-order valence-electron chi connectivity index (χ2n) is 2.54. The predicted molar refractivity (Wildman–Crippen MR) is 62.8 cm³/mol. The summed E-state index contributed by atoms with van der Waals surface area (Å²) in [6.45, 7) is 2.04. The topological polar surface area (TPSA) is 69.4 Å². The number of carbonyl (C=O) groups excluding carboxylic acids is 2. The van der Waals surface area contributed by atoms with Crippen molar-refractivity contribution in [2.45, 2.75) is 6.92 Å². The third kappa shape index (κ3) is 7.09. The highest BCUT2D eigenvalue weighted by atomic mass is 35.5. The number of ether oxygens (including phenoxy) is 1. The Morgan fingerprint density at radius 3 is 2.06 bits per heavy atom. The van der Waals surface area contributed by atoms with E-state index in [9.17, 15) is 9.59 Å². The molecule has 88 valence electrons. The fourth-order valence-electron chi connectivity index (χ4n) is 0.728. The quantitative estimate of drug-likeness (QED) is 0.835. The van der Waals surface area contributed by atoms with Gasteiger partial charge in [0.1, 0.15) is 0 Å². The van der Waals surface area contributed by atoms with Gasteiger partial charge in [-0.15, -0.1) is 0 Å². The van der Waals surface area contributed by atoms with Gasteiger partial charge < -0.3 is 10.5 Å². The smallest absolute Gasteiger partial charge is 0.403 e. The number of benzene rings is 1. The van der Waals surface area contributed by atoms with Crippen LogP contribution < -0.4 is 5.73 Å².